The number of hydrogen-bond donors (Lipinski definition) is 1. The van der Waals surface area contributed by atoms with Crippen LogP contribution in [-0.4, -0.2) is 24.2 Å². The normalized spacial score (nSPS) is 11.9. The molecule has 0 spiro atoms. The Kier molecular flexibility index (Phi) is 5.51. The number of aromatic nitrogens is 2. The van der Waals surface area contributed by atoms with Crippen LogP contribution >= 0.6 is 11.6 Å². The second kappa shape index (κ2) is 7.84. The van der Waals surface area contributed by atoms with Crippen molar-refractivity contribution in [1.29, 1.82) is 0 Å². The smallest absolute Gasteiger partial charge is 0.259 e. The monoisotopic (exact) mass is 384 g/mol. The highest BCUT2D eigenvalue weighted by Crippen LogP contribution is 2.30. The van der Waals surface area contributed by atoms with E-state index in [-0.39, 0.29) is 5.56 Å². The van der Waals surface area contributed by atoms with Gasteiger partial charge in [0.1, 0.15) is 0 Å². The quantitative estimate of drug-likeness (QED) is 0.686. The summed E-state index contributed by atoms with van der Waals surface area (Å²) >= 11 is 6.42. The van der Waals surface area contributed by atoms with Crippen LogP contribution in [0.4, 0.5) is 0 Å². The Morgan fingerprint density at radius 3 is 2.33 bits per heavy atom. The van der Waals surface area contributed by atoms with Gasteiger partial charge < -0.3 is 14.5 Å². The van der Waals surface area contributed by atoms with E-state index in [9.17, 15) is 4.79 Å². The second-order valence-electron chi connectivity index (χ2n) is 6.45. The fourth-order valence-electron chi connectivity index (χ4n) is 2.77. The molecule has 2 aromatic carbocycles. The maximum absolute atomic E-state index is 12.5. The van der Waals surface area contributed by atoms with Crippen molar-refractivity contribution in [1.82, 2.24) is 9.97 Å². The first-order valence-corrected chi connectivity index (χ1v) is 8.94. The van der Waals surface area contributed by atoms with Crippen LogP contribution in [0.15, 0.2) is 41.2 Å². The van der Waals surface area contributed by atoms with Crippen LogP contribution in [0.25, 0.3) is 22.0 Å². The van der Waals surface area contributed by atoms with Crippen molar-refractivity contribution in [3.63, 3.8) is 0 Å². The topological polar surface area (TPSA) is 64.2 Å². The van der Waals surface area contributed by atoms with E-state index in [0.717, 1.165) is 5.56 Å². The number of hydrogen-bond acceptors (Lipinski definition) is 4. The molecule has 0 saturated carbocycles. The van der Waals surface area contributed by atoms with Gasteiger partial charge in [0, 0.05) is 6.07 Å². The van der Waals surface area contributed by atoms with E-state index < -0.39 is 0 Å². The Morgan fingerprint density at radius 2 is 1.74 bits per heavy atom. The van der Waals surface area contributed by atoms with Crippen LogP contribution in [0.2, 0.25) is 0 Å². The standard InChI is InChI=1S/C21H21ClN2O3/c1-12(2)14-7-5-13(6-8-14)9-16(22)20-23-17-11-19(27-4)18(26-3)10-15(17)21(25)24-20/h5-12H,1-4H3,(H,23,24,25)/b16-9-. The van der Waals surface area contributed by atoms with E-state index in [1.807, 2.05) is 12.1 Å². The van der Waals surface area contributed by atoms with Gasteiger partial charge in [-0.15, -0.1) is 0 Å². The van der Waals surface area contributed by atoms with Gasteiger partial charge in [-0.1, -0.05) is 49.7 Å². The Hall–Kier alpha value is -2.79. The molecule has 0 radical (unpaired) electrons. The molecule has 5 nitrogen and oxygen atoms in total. The Balaban J connectivity index is 2.04. The number of nitrogens with zero attached hydrogens (tertiary/aromatic N) is 1. The highest BCUT2D eigenvalue weighted by atomic mass is 35.5. The molecule has 3 aromatic rings. The van der Waals surface area contributed by atoms with Gasteiger partial charge in [0.25, 0.3) is 5.56 Å². The number of ether oxygens (including phenoxy) is 2. The van der Waals surface area contributed by atoms with Gasteiger partial charge in [-0.25, -0.2) is 4.98 Å². The summed E-state index contributed by atoms with van der Waals surface area (Å²) in [5.74, 6) is 1.73. The van der Waals surface area contributed by atoms with E-state index in [1.54, 1.807) is 18.2 Å². The molecule has 140 valence electrons. The van der Waals surface area contributed by atoms with Gasteiger partial charge in [-0.3, -0.25) is 4.79 Å². The maximum atomic E-state index is 12.5. The molecular formula is C21H21ClN2O3. The zero-order chi connectivity index (χ0) is 19.6. The van der Waals surface area contributed by atoms with Gasteiger partial charge in [0.2, 0.25) is 0 Å². The first-order chi connectivity index (χ1) is 12.9. The molecule has 0 fully saturated rings. The van der Waals surface area contributed by atoms with E-state index in [1.165, 1.54) is 19.8 Å². The first kappa shape index (κ1) is 19.0. The molecule has 0 atom stereocenters. The summed E-state index contributed by atoms with van der Waals surface area (Å²) in [7, 11) is 3.05. The third-order valence-electron chi connectivity index (χ3n) is 4.33. The van der Waals surface area contributed by atoms with Gasteiger partial charge in [-0.2, -0.15) is 0 Å². The van der Waals surface area contributed by atoms with Crippen molar-refractivity contribution in [2.24, 2.45) is 0 Å². The molecular weight excluding hydrogens is 364 g/mol. The minimum absolute atomic E-state index is 0.294. The van der Waals surface area contributed by atoms with Crippen molar-refractivity contribution >= 4 is 33.6 Å². The number of fused-ring (bicyclic) bond motifs is 1. The average Bonchev–Trinajstić information content (AvgIpc) is 2.67. The molecule has 3 rings (SSSR count). The third kappa shape index (κ3) is 3.98. The van der Waals surface area contributed by atoms with Crippen molar-refractivity contribution in [3.8, 4) is 11.5 Å². The van der Waals surface area contributed by atoms with Gasteiger partial charge in [-0.05, 0) is 29.2 Å². The fraction of sp³-hybridized carbons (Fsp3) is 0.238. The zero-order valence-corrected chi connectivity index (χ0v) is 16.4. The largest absolute Gasteiger partial charge is 0.493 e. The number of benzene rings is 2. The Bertz CT molecular complexity index is 1050. The minimum Gasteiger partial charge on any atom is -0.493 e. The van der Waals surface area contributed by atoms with E-state index in [4.69, 9.17) is 21.1 Å². The lowest BCUT2D eigenvalue weighted by Crippen LogP contribution is -2.11. The third-order valence-corrected chi connectivity index (χ3v) is 4.62. The van der Waals surface area contributed by atoms with Crippen molar-refractivity contribution < 1.29 is 9.47 Å². The summed E-state index contributed by atoms with van der Waals surface area (Å²) in [6.07, 6.45) is 1.77. The van der Waals surface area contributed by atoms with Gasteiger partial charge in [0.05, 0.1) is 30.2 Å². The summed E-state index contributed by atoms with van der Waals surface area (Å²) in [6, 6.07) is 11.4. The number of rotatable bonds is 5. The predicted molar refractivity (Wildman–Crippen MR) is 110 cm³/mol. The van der Waals surface area contributed by atoms with Crippen LogP contribution in [0, 0.1) is 0 Å². The summed E-state index contributed by atoms with van der Waals surface area (Å²) < 4.78 is 10.5. The van der Waals surface area contributed by atoms with Crippen molar-refractivity contribution in [2.45, 2.75) is 19.8 Å². The second-order valence-corrected chi connectivity index (χ2v) is 6.86. The highest BCUT2D eigenvalue weighted by Gasteiger charge is 2.12. The molecule has 0 saturated heterocycles. The molecule has 0 aliphatic rings. The summed E-state index contributed by atoms with van der Waals surface area (Å²) in [6.45, 7) is 4.29. The lowest BCUT2D eigenvalue weighted by atomic mass is 10.0. The van der Waals surface area contributed by atoms with Crippen molar-refractivity contribution in [3.05, 3.63) is 63.7 Å². The Morgan fingerprint density at radius 1 is 1.11 bits per heavy atom. The number of aromatic amines is 1. The molecule has 1 heterocycles. The van der Waals surface area contributed by atoms with Crippen molar-refractivity contribution in [2.75, 3.05) is 14.2 Å². The number of nitrogens with one attached hydrogen (secondary N) is 1. The molecule has 1 aromatic heterocycles. The lowest BCUT2D eigenvalue weighted by molar-refractivity contribution is 0.355. The van der Waals surface area contributed by atoms with E-state index >= 15 is 0 Å². The lowest BCUT2D eigenvalue weighted by Gasteiger charge is -2.09. The van der Waals surface area contributed by atoms with Crippen LogP contribution in [-0.2, 0) is 0 Å². The molecule has 0 amide bonds. The molecule has 0 bridgehead atoms. The summed E-state index contributed by atoms with van der Waals surface area (Å²) in [5, 5.41) is 0.753. The summed E-state index contributed by atoms with van der Waals surface area (Å²) in [5.41, 5.74) is 2.37. The van der Waals surface area contributed by atoms with Crippen LogP contribution < -0.4 is 15.0 Å². The fourth-order valence-corrected chi connectivity index (χ4v) is 2.99. The van der Waals surface area contributed by atoms with Gasteiger partial charge >= 0.3 is 0 Å². The first-order valence-electron chi connectivity index (χ1n) is 8.56. The average molecular weight is 385 g/mol. The number of methoxy groups -OCH3 is 2. The Labute approximate surface area is 162 Å². The SMILES string of the molecule is COc1cc2nc(/C(Cl)=C/c3ccc(C(C)C)cc3)[nH]c(=O)c2cc1OC. The van der Waals surface area contributed by atoms with E-state index in [2.05, 4.69) is 35.9 Å². The molecule has 1 N–H and O–H groups in total. The summed E-state index contributed by atoms with van der Waals surface area (Å²) in [4.78, 5) is 19.7. The van der Waals surface area contributed by atoms with E-state index in [0.29, 0.717) is 39.2 Å². The minimum atomic E-state index is -0.294. The van der Waals surface area contributed by atoms with Crippen LogP contribution in [0.1, 0.15) is 36.7 Å². The molecule has 0 aliphatic heterocycles. The molecule has 27 heavy (non-hydrogen) atoms. The number of halogens is 1. The van der Waals surface area contributed by atoms with Crippen LogP contribution in [0.5, 0.6) is 11.5 Å². The van der Waals surface area contributed by atoms with Crippen LogP contribution in [0.3, 0.4) is 0 Å². The highest BCUT2D eigenvalue weighted by molar-refractivity contribution is 6.50. The molecule has 0 unspecified atom stereocenters. The zero-order valence-electron chi connectivity index (χ0n) is 15.7. The number of H-pyrrole nitrogens is 1. The van der Waals surface area contributed by atoms with Gasteiger partial charge in [0.15, 0.2) is 17.3 Å². The maximum Gasteiger partial charge on any atom is 0.259 e. The molecule has 6 heteroatoms. The predicted octanol–water partition coefficient (Wildman–Crippen LogP) is 4.80. The molecule has 0 aliphatic carbocycles.